The van der Waals surface area contributed by atoms with Crippen LogP contribution in [0.5, 0.6) is 5.75 Å². The first-order chi connectivity index (χ1) is 11.1. The number of carbonyl (C=O) groups is 2. The van der Waals surface area contributed by atoms with Crippen LogP contribution in [-0.4, -0.2) is 30.3 Å². The summed E-state index contributed by atoms with van der Waals surface area (Å²) in [6.45, 7) is 4.31. The Labute approximate surface area is 134 Å². The summed E-state index contributed by atoms with van der Waals surface area (Å²) < 4.78 is 5.35. The first kappa shape index (κ1) is 16.7. The third-order valence-electron chi connectivity index (χ3n) is 3.42. The van der Waals surface area contributed by atoms with Gasteiger partial charge < -0.3 is 4.74 Å². The van der Waals surface area contributed by atoms with Crippen LogP contribution < -0.4 is 15.6 Å². The number of carbonyl (C=O) groups excluding carboxylic acids is 2. The normalized spacial score (nSPS) is 17.0. The topological polar surface area (TPSA) is 92.1 Å². The molecule has 2 amide bonds. The van der Waals surface area contributed by atoms with Crippen LogP contribution in [0.25, 0.3) is 0 Å². The molecule has 1 aliphatic rings. The highest BCUT2D eigenvalue weighted by Crippen LogP contribution is 2.13. The van der Waals surface area contributed by atoms with Gasteiger partial charge in [0.2, 0.25) is 11.8 Å². The van der Waals surface area contributed by atoms with Crippen molar-refractivity contribution in [1.82, 2.24) is 10.9 Å². The number of hydrogen-bond acceptors (Lipinski definition) is 5. The average molecular weight is 316 g/mol. The van der Waals surface area contributed by atoms with E-state index in [-0.39, 0.29) is 24.2 Å². The molecule has 1 aromatic carbocycles. The van der Waals surface area contributed by atoms with Gasteiger partial charge in [-0.15, -0.1) is 0 Å². The molecule has 1 heterocycles. The standard InChI is InChI=1S/C16H20N4O3/c1-3-23-13-6-4-12(5-7-13)10-17-19-15(21)9-8-14-11(2)18-20-16(14)22/h4-7,10,14H,3,8-9H2,1-2H3,(H,19,21)(H,20,22)/b17-10-/t14-/m1/s1. The Morgan fingerprint density at radius 1 is 1.43 bits per heavy atom. The van der Waals surface area contributed by atoms with Crippen molar-refractivity contribution < 1.29 is 14.3 Å². The molecule has 1 aliphatic heterocycles. The molecule has 0 unspecified atom stereocenters. The smallest absolute Gasteiger partial charge is 0.248 e. The van der Waals surface area contributed by atoms with Crippen LogP contribution in [0.1, 0.15) is 32.3 Å². The SMILES string of the molecule is CCOc1ccc(/C=N\NC(=O)CC[C@H]2C(=O)NN=C2C)cc1. The molecule has 7 nitrogen and oxygen atoms in total. The number of nitrogens with one attached hydrogen (secondary N) is 2. The molecule has 2 N–H and O–H groups in total. The summed E-state index contributed by atoms with van der Waals surface area (Å²) in [4.78, 5) is 23.2. The lowest BCUT2D eigenvalue weighted by Crippen LogP contribution is -2.25. The van der Waals surface area contributed by atoms with Crippen molar-refractivity contribution in [2.24, 2.45) is 16.1 Å². The average Bonchev–Trinajstić information content (AvgIpc) is 2.86. The minimum Gasteiger partial charge on any atom is -0.494 e. The maximum Gasteiger partial charge on any atom is 0.248 e. The molecule has 0 saturated carbocycles. The monoisotopic (exact) mass is 316 g/mol. The molecule has 7 heteroatoms. The Kier molecular flexibility index (Phi) is 5.85. The highest BCUT2D eigenvalue weighted by atomic mass is 16.5. The number of amides is 2. The van der Waals surface area contributed by atoms with Crippen LogP contribution in [0.2, 0.25) is 0 Å². The first-order valence-corrected chi connectivity index (χ1v) is 7.49. The van der Waals surface area contributed by atoms with E-state index in [1.165, 1.54) is 0 Å². The van der Waals surface area contributed by atoms with Crippen molar-refractivity contribution in [1.29, 1.82) is 0 Å². The fraction of sp³-hybridized carbons (Fsp3) is 0.375. The highest BCUT2D eigenvalue weighted by molar-refractivity contribution is 6.07. The molecule has 23 heavy (non-hydrogen) atoms. The van der Waals surface area contributed by atoms with Crippen LogP contribution >= 0.6 is 0 Å². The van der Waals surface area contributed by atoms with Gasteiger partial charge in [-0.3, -0.25) is 9.59 Å². The predicted molar refractivity (Wildman–Crippen MR) is 87.3 cm³/mol. The Morgan fingerprint density at radius 2 is 2.17 bits per heavy atom. The zero-order valence-corrected chi connectivity index (χ0v) is 13.2. The minimum atomic E-state index is -0.323. The van der Waals surface area contributed by atoms with Gasteiger partial charge in [0.1, 0.15) is 5.75 Å². The van der Waals surface area contributed by atoms with Crippen molar-refractivity contribution in [3.63, 3.8) is 0 Å². The molecule has 0 spiro atoms. The van der Waals surface area contributed by atoms with Gasteiger partial charge in [0.15, 0.2) is 0 Å². The van der Waals surface area contributed by atoms with Crippen molar-refractivity contribution >= 4 is 23.7 Å². The summed E-state index contributed by atoms with van der Waals surface area (Å²) in [7, 11) is 0. The molecule has 0 aliphatic carbocycles. The molecule has 0 saturated heterocycles. The summed E-state index contributed by atoms with van der Waals surface area (Å²) in [5.74, 6) is 0.0734. The maximum atomic E-state index is 11.7. The van der Waals surface area contributed by atoms with E-state index in [1.54, 1.807) is 13.1 Å². The molecule has 0 aromatic heterocycles. The molecule has 0 bridgehead atoms. The molecule has 0 fully saturated rings. The second-order valence-electron chi connectivity index (χ2n) is 5.12. The molecule has 122 valence electrons. The quantitative estimate of drug-likeness (QED) is 0.589. The lowest BCUT2D eigenvalue weighted by Gasteiger charge is -2.06. The maximum absolute atomic E-state index is 11.7. The van der Waals surface area contributed by atoms with Gasteiger partial charge in [0, 0.05) is 12.1 Å². The summed E-state index contributed by atoms with van der Waals surface area (Å²) in [6, 6.07) is 7.38. The minimum absolute atomic E-state index is 0.159. The summed E-state index contributed by atoms with van der Waals surface area (Å²) in [5.41, 5.74) is 6.41. The van der Waals surface area contributed by atoms with Crippen molar-refractivity contribution in [2.45, 2.75) is 26.7 Å². The van der Waals surface area contributed by atoms with E-state index >= 15 is 0 Å². The molecule has 0 radical (unpaired) electrons. The van der Waals surface area contributed by atoms with E-state index in [4.69, 9.17) is 4.74 Å². The zero-order valence-electron chi connectivity index (χ0n) is 13.2. The van der Waals surface area contributed by atoms with Gasteiger partial charge in [-0.25, -0.2) is 10.9 Å². The Balaban J connectivity index is 1.75. The molecular formula is C16H20N4O3. The van der Waals surface area contributed by atoms with Gasteiger partial charge in [0.25, 0.3) is 0 Å². The van der Waals surface area contributed by atoms with E-state index in [2.05, 4.69) is 21.1 Å². The largest absolute Gasteiger partial charge is 0.494 e. The van der Waals surface area contributed by atoms with Gasteiger partial charge in [-0.1, -0.05) is 0 Å². The molecular weight excluding hydrogens is 296 g/mol. The Morgan fingerprint density at radius 3 is 2.78 bits per heavy atom. The van der Waals surface area contributed by atoms with Crippen molar-refractivity contribution in [3.05, 3.63) is 29.8 Å². The number of hydrogen-bond donors (Lipinski definition) is 2. The highest BCUT2D eigenvalue weighted by Gasteiger charge is 2.26. The Hall–Kier alpha value is -2.70. The molecule has 2 rings (SSSR count). The van der Waals surface area contributed by atoms with Crippen LogP contribution in [0.3, 0.4) is 0 Å². The van der Waals surface area contributed by atoms with E-state index in [0.717, 1.165) is 11.3 Å². The van der Waals surface area contributed by atoms with Gasteiger partial charge >= 0.3 is 0 Å². The van der Waals surface area contributed by atoms with E-state index in [9.17, 15) is 9.59 Å². The van der Waals surface area contributed by atoms with Crippen LogP contribution in [0, 0.1) is 5.92 Å². The number of nitrogens with zero attached hydrogens (tertiary/aromatic N) is 2. The summed E-state index contributed by atoms with van der Waals surface area (Å²) >= 11 is 0. The third kappa shape index (κ3) is 4.91. The lowest BCUT2D eigenvalue weighted by molar-refractivity contribution is -0.123. The van der Waals surface area contributed by atoms with Crippen LogP contribution in [-0.2, 0) is 9.59 Å². The van der Waals surface area contributed by atoms with Crippen LogP contribution in [0.4, 0.5) is 0 Å². The third-order valence-corrected chi connectivity index (χ3v) is 3.42. The second-order valence-corrected chi connectivity index (χ2v) is 5.12. The van der Waals surface area contributed by atoms with E-state index < -0.39 is 0 Å². The van der Waals surface area contributed by atoms with E-state index in [1.807, 2.05) is 31.2 Å². The zero-order chi connectivity index (χ0) is 16.7. The second kappa shape index (κ2) is 8.07. The fourth-order valence-electron chi connectivity index (χ4n) is 2.16. The number of ether oxygens (including phenoxy) is 1. The van der Waals surface area contributed by atoms with Gasteiger partial charge in [-0.05, 0) is 50.1 Å². The molecule has 1 aromatic rings. The van der Waals surface area contributed by atoms with Gasteiger partial charge in [-0.2, -0.15) is 10.2 Å². The fourth-order valence-corrected chi connectivity index (χ4v) is 2.16. The first-order valence-electron chi connectivity index (χ1n) is 7.49. The predicted octanol–water partition coefficient (Wildman–Crippen LogP) is 1.44. The van der Waals surface area contributed by atoms with Crippen molar-refractivity contribution in [2.75, 3.05) is 6.61 Å². The van der Waals surface area contributed by atoms with Gasteiger partial charge in [0.05, 0.1) is 18.7 Å². The Bertz CT molecular complexity index is 623. The van der Waals surface area contributed by atoms with E-state index in [0.29, 0.717) is 18.7 Å². The molecule has 1 atom stereocenters. The number of rotatable bonds is 7. The van der Waals surface area contributed by atoms with Crippen LogP contribution in [0.15, 0.2) is 34.5 Å². The van der Waals surface area contributed by atoms with Crippen molar-refractivity contribution in [3.8, 4) is 5.75 Å². The number of benzene rings is 1. The summed E-state index contributed by atoms with van der Waals surface area (Å²) in [6.07, 6.45) is 2.19. The summed E-state index contributed by atoms with van der Waals surface area (Å²) in [5, 5.41) is 7.75. The lowest BCUT2D eigenvalue weighted by atomic mass is 9.99. The number of hydrazone groups is 2.